The van der Waals surface area contributed by atoms with E-state index in [1.807, 2.05) is 28.7 Å². The summed E-state index contributed by atoms with van der Waals surface area (Å²) >= 11 is 1.60. The standard InChI is InChI=1S/C18H23N3O2S/c1-2-3-18(23)21-7-4-13(5-8-21)10-16-19-15(11-17(22)20-16)14-6-9-24-12-14/h6,9,11-13H,2-5,7-8,10H2,1H3,(H,19,20,22). The van der Waals surface area contributed by atoms with Gasteiger partial charge in [-0.25, -0.2) is 4.98 Å². The van der Waals surface area contributed by atoms with Gasteiger partial charge in [-0.05, 0) is 36.6 Å². The number of piperidine rings is 1. The molecule has 128 valence electrons. The van der Waals surface area contributed by atoms with Gasteiger partial charge in [0, 0.05) is 42.9 Å². The van der Waals surface area contributed by atoms with Crippen molar-refractivity contribution in [2.75, 3.05) is 13.1 Å². The normalized spacial score (nSPS) is 15.6. The molecule has 0 bridgehead atoms. The number of nitrogens with zero attached hydrogens (tertiary/aromatic N) is 2. The lowest BCUT2D eigenvalue weighted by molar-refractivity contribution is -0.132. The molecule has 1 amide bonds. The van der Waals surface area contributed by atoms with Crippen LogP contribution in [-0.4, -0.2) is 33.9 Å². The van der Waals surface area contributed by atoms with Crippen LogP contribution in [0.4, 0.5) is 0 Å². The van der Waals surface area contributed by atoms with Crippen LogP contribution in [0.5, 0.6) is 0 Å². The highest BCUT2D eigenvalue weighted by molar-refractivity contribution is 7.08. The third-order valence-corrected chi connectivity index (χ3v) is 5.20. The molecule has 1 saturated heterocycles. The van der Waals surface area contributed by atoms with Crippen LogP contribution < -0.4 is 5.56 Å². The Bertz CT molecular complexity index is 731. The predicted octanol–water partition coefficient (Wildman–Crippen LogP) is 3.08. The lowest BCUT2D eigenvalue weighted by atomic mass is 9.93. The van der Waals surface area contributed by atoms with E-state index in [1.165, 1.54) is 0 Å². The lowest BCUT2D eigenvalue weighted by Gasteiger charge is -2.31. The number of rotatable bonds is 5. The van der Waals surface area contributed by atoms with Gasteiger partial charge in [0.1, 0.15) is 5.82 Å². The number of hydrogen-bond donors (Lipinski definition) is 1. The molecule has 2 aromatic heterocycles. The number of carbonyl (C=O) groups is 1. The fourth-order valence-electron chi connectivity index (χ4n) is 3.19. The molecule has 0 atom stereocenters. The molecule has 6 heteroatoms. The van der Waals surface area contributed by atoms with Crippen LogP contribution in [-0.2, 0) is 11.2 Å². The minimum absolute atomic E-state index is 0.100. The highest BCUT2D eigenvalue weighted by Gasteiger charge is 2.23. The zero-order valence-corrected chi connectivity index (χ0v) is 14.8. The largest absolute Gasteiger partial charge is 0.343 e. The van der Waals surface area contributed by atoms with Gasteiger partial charge in [0.05, 0.1) is 5.69 Å². The number of likely N-dealkylation sites (tertiary alicyclic amines) is 1. The Balaban J connectivity index is 1.63. The number of carbonyl (C=O) groups excluding carboxylic acids is 1. The first-order chi connectivity index (χ1) is 11.7. The number of nitrogens with one attached hydrogen (secondary N) is 1. The maximum atomic E-state index is 12.0. The lowest BCUT2D eigenvalue weighted by Crippen LogP contribution is -2.38. The third kappa shape index (κ3) is 4.12. The second-order valence-electron chi connectivity index (χ2n) is 6.37. The number of aromatic nitrogens is 2. The summed E-state index contributed by atoms with van der Waals surface area (Å²) in [6.07, 6.45) is 4.26. The van der Waals surface area contributed by atoms with E-state index in [1.54, 1.807) is 17.4 Å². The summed E-state index contributed by atoms with van der Waals surface area (Å²) < 4.78 is 0. The maximum Gasteiger partial charge on any atom is 0.251 e. The molecule has 0 radical (unpaired) electrons. The quantitative estimate of drug-likeness (QED) is 0.905. The first-order valence-electron chi connectivity index (χ1n) is 8.56. The summed E-state index contributed by atoms with van der Waals surface area (Å²) in [6, 6.07) is 3.53. The SMILES string of the molecule is CCCC(=O)N1CCC(Cc2nc(-c3ccsc3)cc(=O)[nH]2)CC1. The van der Waals surface area contributed by atoms with Crippen molar-refractivity contribution in [3.63, 3.8) is 0 Å². The number of thiophene rings is 1. The summed E-state index contributed by atoms with van der Waals surface area (Å²) in [7, 11) is 0. The minimum Gasteiger partial charge on any atom is -0.343 e. The van der Waals surface area contributed by atoms with Gasteiger partial charge < -0.3 is 9.88 Å². The molecular weight excluding hydrogens is 322 g/mol. The maximum absolute atomic E-state index is 12.0. The molecular formula is C18H23N3O2S. The van der Waals surface area contributed by atoms with Gasteiger partial charge >= 0.3 is 0 Å². The Kier molecular flexibility index (Phi) is 5.45. The van der Waals surface area contributed by atoms with E-state index in [0.717, 1.165) is 55.9 Å². The number of H-pyrrole nitrogens is 1. The zero-order valence-electron chi connectivity index (χ0n) is 14.0. The van der Waals surface area contributed by atoms with E-state index in [4.69, 9.17) is 0 Å². The highest BCUT2D eigenvalue weighted by Crippen LogP contribution is 2.23. The minimum atomic E-state index is -0.100. The predicted molar refractivity (Wildman–Crippen MR) is 96.1 cm³/mol. The zero-order chi connectivity index (χ0) is 16.9. The Morgan fingerprint density at radius 3 is 2.88 bits per heavy atom. The van der Waals surface area contributed by atoms with Crippen LogP contribution in [0.1, 0.15) is 38.4 Å². The van der Waals surface area contributed by atoms with Gasteiger partial charge in [-0.15, -0.1) is 0 Å². The van der Waals surface area contributed by atoms with E-state index in [0.29, 0.717) is 12.3 Å². The number of aromatic amines is 1. The first-order valence-corrected chi connectivity index (χ1v) is 9.50. The Morgan fingerprint density at radius 2 is 2.21 bits per heavy atom. The Morgan fingerprint density at radius 1 is 1.42 bits per heavy atom. The fourth-order valence-corrected chi connectivity index (χ4v) is 3.84. The van der Waals surface area contributed by atoms with Crippen molar-refractivity contribution in [3.8, 4) is 11.3 Å². The van der Waals surface area contributed by atoms with Crippen LogP contribution in [0, 0.1) is 5.92 Å². The third-order valence-electron chi connectivity index (χ3n) is 4.52. The van der Waals surface area contributed by atoms with Crippen LogP contribution in [0.3, 0.4) is 0 Å². The summed E-state index contributed by atoms with van der Waals surface area (Å²) in [5, 5.41) is 3.99. The van der Waals surface area contributed by atoms with E-state index in [9.17, 15) is 9.59 Å². The van der Waals surface area contributed by atoms with Gasteiger partial charge in [0.15, 0.2) is 0 Å². The highest BCUT2D eigenvalue weighted by atomic mass is 32.1. The van der Waals surface area contributed by atoms with Crippen molar-refractivity contribution in [2.24, 2.45) is 5.92 Å². The molecule has 3 rings (SSSR count). The van der Waals surface area contributed by atoms with E-state index >= 15 is 0 Å². The molecule has 2 aromatic rings. The second-order valence-corrected chi connectivity index (χ2v) is 7.15. The van der Waals surface area contributed by atoms with Gasteiger partial charge in [0.2, 0.25) is 5.91 Å². The van der Waals surface area contributed by atoms with Crippen LogP contribution in [0.2, 0.25) is 0 Å². The fraction of sp³-hybridized carbons (Fsp3) is 0.500. The molecule has 1 N–H and O–H groups in total. The van der Waals surface area contributed by atoms with Crippen molar-refractivity contribution in [1.29, 1.82) is 0 Å². The van der Waals surface area contributed by atoms with Crippen molar-refractivity contribution < 1.29 is 4.79 Å². The molecule has 1 aliphatic rings. The molecule has 1 aliphatic heterocycles. The topological polar surface area (TPSA) is 66.1 Å². The van der Waals surface area contributed by atoms with Crippen LogP contribution in [0.15, 0.2) is 27.7 Å². The van der Waals surface area contributed by atoms with Gasteiger partial charge in [-0.2, -0.15) is 11.3 Å². The molecule has 3 heterocycles. The summed E-state index contributed by atoms with van der Waals surface area (Å²) in [4.78, 5) is 33.3. The summed E-state index contributed by atoms with van der Waals surface area (Å²) in [6.45, 7) is 3.67. The van der Waals surface area contributed by atoms with Crippen molar-refractivity contribution >= 4 is 17.2 Å². The molecule has 1 fully saturated rings. The smallest absolute Gasteiger partial charge is 0.251 e. The van der Waals surface area contributed by atoms with Gasteiger partial charge in [-0.3, -0.25) is 9.59 Å². The van der Waals surface area contributed by atoms with E-state index in [2.05, 4.69) is 9.97 Å². The summed E-state index contributed by atoms with van der Waals surface area (Å²) in [5.41, 5.74) is 1.63. The molecule has 0 saturated carbocycles. The summed E-state index contributed by atoms with van der Waals surface area (Å²) in [5.74, 6) is 1.49. The van der Waals surface area contributed by atoms with Crippen molar-refractivity contribution in [2.45, 2.75) is 39.0 Å². The molecule has 0 unspecified atom stereocenters. The second kappa shape index (κ2) is 7.75. The average Bonchev–Trinajstić information content (AvgIpc) is 3.10. The Hall–Kier alpha value is -1.95. The molecule has 0 aliphatic carbocycles. The van der Waals surface area contributed by atoms with Crippen molar-refractivity contribution in [1.82, 2.24) is 14.9 Å². The molecule has 0 spiro atoms. The average molecular weight is 345 g/mol. The van der Waals surface area contributed by atoms with Crippen LogP contribution >= 0.6 is 11.3 Å². The molecule has 5 nitrogen and oxygen atoms in total. The number of hydrogen-bond acceptors (Lipinski definition) is 4. The monoisotopic (exact) mass is 345 g/mol. The van der Waals surface area contributed by atoms with Crippen LogP contribution in [0.25, 0.3) is 11.3 Å². The van der Waals surface area contributed by atoms with Gasteiger partial charge in [0.25, 0.3) is 5.56 Å². The molecule has 24 heavy (non-hydrogen) atoms. The number of amides is 1. The van der Waals surface area contributed by atoms with E-state index < -0.39 is 0 Å². The molecule has 0 aromatic carbocycles. The van der Waals surface area contributed by atoms with E-state index in [-0.39, 0.29) is 11.5 Å². The Labute approximate surface area is 145 Å². The van der Waals surface area contributed by atoms with Gasteiger partial charge in [-0.1, -0.05) is 6.92 Å². The van der Waals surface area contributed by atoms with Crippen molar-refractivity contribution in [3.05, 3.63) is 39.1 Å². The first kappa shape index (κ1) is 16.9.